The Kier molecular flexibility index (Phi) is 5.68. The van der Waals surface area contributed by atoms with Crippen LogP contribution in [0.3, 0.4) is 0 Å². The first kappa shape index (κ1) is 17.2. The number of hydrogen-bond donors (Lipinski definition) is 0. The third kappa shape index (κ3) is 4.24. The van der Waals surface area contributed by atoms with E-state index in [9.17, 15) is 4.79 Å². The van der Waals surface area contributed by atoms with Crippen LogP contribution < -0.4 is 0 Å². The van der Waals surface area contributed by atoms with Gasteiger partial charge in [0.15, 0.2) is 10.8 Å². The molecule has 3 heterocycles. The first-order chi connectivity index (χ1) is 11.7. The number of hydrogen-bond acceptors (Lipinski definition) is 5. The van der Waals surface area contributed by atoms with Crippen molar-refractivity contribution in [3.63, 3.8) is 0 Å². The molecule has 0 unspecified atom stereocenters. The zero-order valence-electron chi connectivity index (χ0n) is 14.3. The second kappa shape index (κ2) is 7.94. The highest BCUT2D eigenvalue weighted by molar-refractivity contribution is 7.13. The molecule has 0 spiro atoms. The van der Waals surface area contributed by atoms with Crippen molar-refractivity contribution in [1.29, 1.82) is 0 Å². The van der Waals surface area contributed by atoms with Crippen molar-refractivity contribution >= 4 is 17.2 Å². The maximum atomic E-state index is 12.6. The number of carbonyl (C=O) groups excluding carboxylic acids is 1. The van der Waals surface area contributed by atoms with Gasteiger partial charge in [-0.1, -0.05) is 0 Å². The third-order valence-corrected chi connectivity index (χ3v) is 5.17. The monoisotopic (exact) mass is 348 g/mol. The summed E-state index contributed by atoms with van der Waals surface area (Å²) in [6.07, 6.45) is 2.55. The van der Waals surface area contributed by atoms with E-state index >= 15 is 0 Å². The molecule has 1 amide bonds. The average Bonchev–Trinajstić information content (AvgIpc) is 3.22. The largest absolute Gasteiger partial charge is 0.459 e. The van der Waals surface area contributed by atoms with E-state index in [1.165, 1.54) is 11.3 Å². The van der Waals surface area contributed by atoms with Gasteiger partial charge in [-0.2, -0.15) is 0 Å². The zero-order chi connectivity index (χ0) is 16.9. The van der Waals surface area contributed by atoms with Crippen molar-refractivity contribution in [1.82, 2.24) is 9.88 Å². The first-order valence-electron chi connectivity index (χ1n) is 8.52. The summed E-state index contributed by atoms with van der Waals surface area (Å²) >= 11 is 1.52. The van der Waals surface area contributed by atoms with E-state index in [0.29, 0.717) is 12.3 Å². The van der Waals surface area contributed by atoms with E-state index in [0.717, 1.165) is 61.4 Å². The number of likely N-dealkylation sites (tertiary alicyclic amines) is 1. The van der Waals surface area contributed by atoms with Crippen LogP contribution in [0.5, 0.6) is 0 Å². The first-order valence-corrected chi connectivity index (χ1v) is 9.40. The lowest BCUT2D eigenvalue weighted by Crippen LogP contribution is -2.42. The predicted molar refractivity (Wildman–Crippen MR) is 94.1 cm³/mol. The van der Waals surface area contributed by atoms with Gasteiger partial charge in [0.25, 0.3) is 0 Å². The second-order valence-electron chi connectivity index (χ2n) is 6.24. The second-order valence-corrected chi connectivity index (χ2v) is 7.10. The van der Waals surface area contributed by atoms with Gasteiger partial charge in [0.05, 0.1) is 18.7 Å². The maximum Gasteiger partial charge on any atom is 0.228 e. The average molecular weight is 348 g/mol. The van der Waals surface area contributed by atoms with Crippen molar-refractivity contribution in [2.45, 2.75) is 33.1 Å². The van der Waals surface area contributed by atoms with Gasteiger partial charge < -0.3 is 14.1 Å². The summed E-state index contributed by atoms with van der Waals surface area (Å²) in [5.41, 5.74) is 0.820. The molecule has 0 radical (unpaired) electrons. The topological polar surface area (TPSA) is 55.6 Å². The summed E-state index contributed by atoms with van der Waals surface area (Å²) in [6.45, 7) is 7.04. The molecule has 24 heavy (non-hydrogen) atoms. The lowest BCUT2D eigenvalue weighted by atomic mass is 9.98. The summed E-state index contributed by atoms with van der Waals surface area (Å²) in [6, 6.07) is 3.84. The smallest absolute Gasteiger partial charge is 0.228 e. The molecular formula is C18H24N2O3S. The molecule has 0 saturated carbocycles. The molecule has 6 heteroatoms. The van der Waals surface area contributed by atoms with Gasteiger partial charge in [-0.05, 0) is 44.7 Å². The number of aromatic nitrogens is 1. The Balaban J connectivity index is 1.57. The molecule has 2 aromatic rings. The molecule has 5 nitrogen and oxygen atoms in total. The summed E-state index contributed by atoms with van der Waals surface area (Å²) in [5, 5.41) is 2.78. The van der Waals surface area contributed by atoms with Crippen LogP contribution in [0, 0.1) is 12.8 Å². The highest BCUT2D eigenvalue weighted by Gasteiger charge is 2.24. The minimum Gasteiger partial charge on any atom is -0.459 e. The Bertz CT molecular complexity index is 679. The Hall–Kier alpha value is -1.66. The van der Waals surface area contributed by atoms with Gasteiger partial charge in [0.1, 0.15) is 5.76 Å². The minimum atomic E-state index is 0.156. The quantitative estimate of drug-likeness (QED) is 0.801. The van der Waals surface area contributed by atoms with Crippen LogP contribution in [0.1, 0.15) is 31.2 Å². The molecule has 1 saturated heterocycles. The number of rotatable bonds is 6. The van der Waals surface area contributed by atoms with Crippen LogP contribution >= 0.6 is 11.3 Å². The minimum absolute atomic E-state index is 0.156. The van der Waals surface area contributed by atoms with Crippen molar-refractivity contribution in [3.05, 3.63) is 29.0 Å². The van der Waals surface area contributed by atoms with E-state index < -0.39 is 0 Å². The SMILES string of the molecule is CCOC[C@H]1CCCN(C(=O)Cc2csc(-c3ccc(C)o3)n2)C1. The number of piperidine rings is 1. The van der Waals surface area contributed by atoms with Gasteiger partial charge >= 0.3 is 0 Å². The molecule has 3 rings (SSSR count). The van der Waals surface area contributed by atoms with Crippen molar-refractivity contribution in [2.24, 2.45) is 5.92 Å². The van der Waals surface area contributed by atoms with Crippen LogP contribution in [0.15, 0.2) is 21.9 Å². The number of amides is 1. The molecule has 1 aliphatic rings. The molecule has 1 fully saturated rings. The summed E-state index contributed by atoms with van der Waals surface area (Å²) < 4.78 is 11.1. The Morgan fingerprint density at radius 3 is 3.12 bits per heavy atom. The Morgan fingerprint density at radius 2 is 2.38 bits per heavy atom. The lowest BCUT2D eigenvalue weighted by molar-refractivity contribution is -0.132. The van der Waals surface area contributed by atoms with Crippen LogP contribution in [-0.4, -0.2) is 42.1 Å². The molecule has 1 atom stereocenters. The van der Waals surface area contributed by atoms with E-state index in [1.54, 1.807) is 0 Å². The normalized spacial score (nSPS) is 18.1. The van der Waals surface area contributed by atoms with E-state index in [1.807, 2.05) is 36.3 Å². The van der Waals surface area contributed by atoms with Gasteiger partial charge in [-0.25, -0.2) is 4.98 Å². The third-order valence-electron chi connectivity index (χ3n) is 4.26. The number of aryl methyl sites for hydroxylation is 1. The Labute approximate surface area is 146 Å². The van der Waals surface area contributed by atoms with Gasteiger partial charge in [0, 0.05) is 25.1 Å². The van der Waals surface area contributed by atoms with Crippen LogP contribution in [-0.2, 0) is 16.0 Å². The van der Waals surface area contributed by atoms with Gasteiger partial charge in [-0.3, -0.25) is 4.79 Å². The molecule has 0 aromatic carbocycles. The summed E-state index contributed by atoms with van der Waals surface area (Å²) in [5.74, 6) is 2.25. The molecule has 0 N–H and O–H groups in total. The fourth-order valence-corrected chi connectivity index (χ4v) is 3.81. The maximum absolute atomic E-state index is 12.6. The van der Waals surface area contributed by atoms with E-state index in [-0.39, 0.29) is 5.91 Å². The highest BCUT2D eigenvalue weighted by Crippen LogP contribution is 2.26. The van der Waals surface area contributed by atoms with Crippen LogP contribution in [0.2, 0.25) is 0 Å². The Morgan fingerprint density at radius 1 is 1.50 bits per heavy atom. The molecule has 0 aliphatic carbocycles. The lowest BCUT2D eigenvalue weighted by Gasteiger charge is -2.32. The van der Waals surface area contributed by atoms with E-state index in [2.05, 4.69) is 4.98 Å². The number of thiazole rings is 1. The van der Waals surface area contributed by atoms with Gasteiger partial charge in [-0.15, -0.1) is 11.3 Å². The van der Waals surface area contributed by atoms with Crippen molar-refractivity contribution in [3.8, 4) is 10.8 Å². The standard InChI is InChI=1S/C18H24N2O3S/c1-3-22-11-14-5-4-8-20(10-14)17(21)9-15-12-24-18(19-15)16-7-6-13(2)23-16/h6-7,12,14H,3-5,8-11H2,1-2H3/t14-/m0/s1. The predicted octanol–water partition coefficient (Wildman–Crippen LogP) is 3.53. The zero-order valence-corrected chi connectivity index (χ0v) is 15.1. The fourth-order valence-electron chi connectivity index (χ4n) is 3.03. The van der Waals surface area contributed by atoms with E-state index in [4.69, 9.17) is 9.15 Å². The molecule has 2 aromatic heterocycles. The number of furan rings is 1. The van der Waals surface area contributed by atoms with Crippen LogP contribution in [0.25, 0.3) is 10.8 Å². The van der Waals surface area contributed by atoms with Crippen molar-refractivity contribution < 1.29 is 13.9 Å². The van der Waals surface area contributed by atoms with Gasteiger partial charge in [0.2, 0.25) is 5.91 Å². The number of ether oxygens (including phenoxy) is 1. The summed E-state index contributed by atoms with van der Waals surface area (Å²) in [7, 11) is 0. The molecule has 1 aliphatic heterocycles. The van der Waals surface area contributed by atoms with Crippen LogP contribution in [0.4, 0.5) is 0 Å². The number of carbonyl (C=O) groups is 1. The fraction of sp³-hybridized carbons (Fsp3) is 0.556. The summed E-state index contributed by atoms with van der Waals surface area (Å²) in [4.78, 5) is 19.1. The van der Waals surface area contributed by atoms with Crippen molar-refractivity contribution in [2.75, 3.05) is 26.3 Å². The molecular weight excluding hydrogens is 324 g/mol. The molecule has 130 valence electrons. The number of nitrogens with zero attached hydrogens (tertiary/aromatic N) is 2. The molecule has 0 bridgehead atoms. The highest BCUT2D eigenvalue weighted by atomic mass is 32.1.